The zero-order chi connectivity index (χ0) is 27.6. The summed E-state index contributed by atoms with van der Waals surface area (Å²) in [5.74, 6) is -0.809. The Hall–Kier alpha value is -3.86. The Kier molecular flexibility index (Phi) is 7.77. The van der Waals surface area contributed by atoms with E-state index >= 15 is 0 Å². The van der Waals surface area contributed by atoms with E-state index in [1.165, 1.54) is 4.90 Å². The topological polar surface area (TPSA) is 66.8 Å². The third-order valence-corrected chi connectivity index (χ3v) is 7.07. The number of rotatable bonds is 7. The van der Waals surface area contributed by atoms with Crippen molar-refractivity contribution in [3.8, 4) is 5.75 Å². The van der Waals surface area contributed by atoms with Gasteiger partial charge in [-0.2, -0.15) is 0 Å². The second-order valence-corrected chi connectivity index (χ2v) is 10.9. The molecule has 0 saturated carbocycles. The zero-order valence-electron chi connectivity index (χ0n) is 23.2. The molecule has 1 aliphatic heterocycles. The monoisotopic (exact) mass is 511 g/mol. The average molecular weight is 512 g/mol. The first-order chi connectivity index (χ1) is 18.1. The van der Waals surface area contributed by atoms with Crippen LogP contribution in [0.25, 0.3) is 5.76 Å². The minimum atomic E-state index is -0.752. The number of anilines is 1. The molecular formula is C33H37NO4. The number of carbonyl (C=O) groups is 2. The molecule has 5 nitrogen and oxygen atoms in total. The number of nitrogens with zero attached hydrogens (tertiary/aromatic N) is 1. The fraction of sp³-hybridized carbons (Fsp3) is 0.333. The lowest BCUT2D eigenvalue weighted by Crippen LogP contribution is -2.29. The number of carbonyl (C=O) groups excluding carboxylic acids is 2. The van der Waals surface area contributed by atoms with Crippen molar-refractivity contribution in [1.82, 2.24) is 0 Å². The van der Waals surface area contributed by atoms with Crippen molar-refractivity contribution in [2.45, 2.75) is 65.8 Å². The molecule has 1 unspecified atom stereocenters. The van der Waals surface area contributed by atoms with Gasteiger partial charge in [-0.15, -0.1) is 0 Å². The van der Waals surface area contributed by atoms with Crippen LogP contribution in [0, 0.1) is 6.92 Å². The number of amides is 1. The molecule has 38 heavy (non-hydrogen) atoms. The van der Waals surface area contributed by atoms with Crippen molar-refractivity contribution in [2.24, 2.45) is 0 Å². The lowest BCUT2D eigenvalue weighted by atomic mass is 9.87. The third kappa shape index (κ3) is 5.24. The molecule has 0 aliphatic carbocycles. The third-order valence-electron chi connectivity index (χ3n) is 7.07. The summed E-state index contributed by atoms with van der Waals surface area (Å²) in [7, 11) is 0. The molecule has 0 spiro atoms. The molecule has 3 aromatic carbocycles. The van der Waals surface area contributed by atoms with Gasteiger partial charge in [0.25, 0.3) is 11.7 Å². The average Bonchev–Trinajstić information content (AvgIpc) is 3.17. The largest absolute Gasteiger partial charge is 0.507 e. The smallest absolute Gasteiger partial charge is 0.300 e. The minimum Gasteiger partial charge on any atom is -0.507 e. The van der Waals surface area contributed by atoms with Crippen molar-refractivity contribution in [3.05, 3.63) is 100 Å². The number of aryl methyl sites for hydroxylation is 2. The van der Waals surface area contributed by atoms with Crippen LogP contribution in [0.5, 0.6) is 5.75 Å². The summed E-state index contributed by atoms with van der Waals surface area (Å²) in [6.07, 6.45) is 1.76. The van der Waals surface area contributed by atoms with E-state index < -0.39 is 17.7 Å². The quantitative estimate of drug-likeness (QED) is 0.206. The fourth-order valence-electron chi connectivity index (χ4n) is 4.80. The predicted molar refractivity (Wildman–Crippen MR) is 153 cm³/mol. The van der Waals surface area contributed by atoms with Crippen LogP contribution in [0.3, 0.4) is 0 Å². The maximum atomic E-state index is 13.5. The molecule has 1 amide bonds. The van der Waals surface area contributed by atoms with Crippen LogP contribution in [0.4, 0.5) is 5.69 Å². The van der Waals surface area contributed by atoms with Crippen molar-refractivity contribution in [1.29, 1.82) is 0 Å². The summed E-state index contributed by atoms with van der Waals surface area (Å²) in [5.41, 5.74) is 5.01. The maximum absolute atomic E-state index is 13.5. The highest BCUT2D eigenvalue weighted by molar-refractivity contribution is 6.51. The van der Waals surface area contributed by atoms with Gasteiger partial charge in [0.1, 0.15) is 11.5 Å². The Morgan fingerprint density at radius 3 is 2.16 bits per heavy atom. The molecule has 198 valence electrons. The highest BCUT2D eigenvalue weighted by atomic mass is 16.5. The van der Waals surface area contributed by atoms with Crippen LogP contribution >= 0.6 is 0 Å². The van der Waals surface area contributed by atoms with Gasteiger partial charge >= 0.3 is 0 Å². The molecule has 4 rings (SSSR count). The molecular weight excluding hydrogens is 474 g/mol. The molecule has 0 bridgehead atoms. The highest BCUT2D eigenvalue weighted by Gasteiger charge is 2.47. The Bertz CT molecular complexity index is 1360. The van der Waals surface area contributed by atoms with Crippen LogP contribution in [-0.4, -0.2) is 23.4 Å². The number of hydrogen-bond acceptors (Lipinski definition) is 4. The second-order valence-electron chi connectivity index (χ2n) is 10.9. The van der Waals surface area contributed by atoms with E-state index in [2.05, 4.69) is 27.7 Å². The van der Waals surface area contributed by atoms with Crippen molar-refractivity contribution >= 4 is 23.1 Å². The number of benzene rings is 3. The lowest BCUT2D eigenvalue weighted by Gasteiger charge is -2.27. The number of hydrogen-bond donors (Lipinski definition) is 1. The molecule has 1 heterocycles. The van der Waals surface area contributed by atoms with E-state index in [1.807, 2.05) is 62.4 Å². The van der Waals surface area contributed by atoms with Crippen LogP contribution < -0.4 is 9.64 Å². The van der Waals surface area contributed by atoms with Crippen molar-refractivity contribution in [2.75, 3.05) is 11.5 Å². The van der Waals surface area contributed by atoms with E-state index in [4.69, 9.17) is 4.74 Å². The standard InChI is InChI=1S/C33H37NO4/c1-7-19-38-27-18-13-24(20-21(27)3)30(35)28-29(23-11-9-22(8-2)10-12-23)34(32(37)31(28)36)26-16-14-25(15-17-26)33(4,5)6/h9-18,20,29,35H,7-8,19H2,1-6H3/b30-28-. The van der Waals surface area contributed by atoms with Gasteiger partial charge in [0.2, 0.25) is 0 Å². The first kappa shape index (κ1) is 27.2. The van der Waals surface area contributed by atoms with Gasteiger partial charge in [-0.25, -0.2) is 0 Å². The SMILES string of the molecule is CCCOc1ccc(/C(O)=C2/C(=O)C(=O)N(c3ccc(C(C)(C)C)cc3)C2c2ccc(CC)cc2)cc1C. The van der Waals surface area contributed by atoms with Gasteiger partial charge in [0.05, 0.1) is 18.2 Å². The van der Waals surface area contributed by atoms with Crippen LogP contribution in [0.15, 0.2) is 72.3 Å². The Morgan fingerprint density at radius 1 is 0.947 bits per heavy atom. The molecule has 1 saturated heterocycles. The number of ether oxygens (including phenoxy) is 1. The number of aliphatic hydroxyl groups excluding tert-OH is 1. The summed E-state index contributed by atoms with van der Waals surface area (Å²) in [5, 5.41) is 11.5. The first-order valence-corrected chi connectivity index (χ1v) is 13.3. The van der Waals surface area contributed by atoms with Gasteiger partial charge in [-0.05, 0) is 77.8 Å². The number of ketones is 1. The van der Waals surface area contributed by atoms with Gasteiger partial charge in [0, 0.05) is 11.3 Å². The predicted octanol–water partition coefficient (Wildman–Crippen LogP) is 7.27. The zero-order valence-corrected chi connectivity index (χ0v) is 23.2. The summed E-state index contributed by atoms with van der Waals surface area (Å²) >= 11 is 0. The molecule has 5 heteroatoms. The van der Waals surface area contributed by atoms with Gasteiger partial charge in [-0.3, -0.25) is 14.5 Å². The number of Topliss-reactive ketones (excluding diaryl/α,β-unsaturated/α-hetero) is 1. The Balaban J connectivity index is 1.86. The molecule has 0 radical (unpaired) electrons. The first-order valence-electron chi connectivity index (χ1n) is 13.3. The molecule has 3 aromatic rings. The normalized spacial score (nSPS) is 17.2. The summed E-state index contributed by atoms with van der Waals surface area (Å²) < 4.78 is 5.78. The maximum Gasteiger partial charge on any atom is 0.300 e. The number of aliphatic hydroxyl groups is 1. The minimum absolute atomic E-state index is 0.0487. The Morgan fingerprint density at radius 2 is 1.61 bits per heavy atom. The molecule has 1 atom stereocenters. The van der Waals surface area contributed by atoms with Gasteiger partial charge in [-0.1, -0.05) is 71.0 Å². The van der Waals surface area contributed by atoms with E-state index in [1.54, 1.807) is 18.2 Å². The van der Waals surface area contributed by atoms with Crippen LogP contribution in [0.1, 0.15) is 74.9 Å². The van der Waals surface area contributed by atoms with E-state index in [-0.39, 0.29) is 16.7 Å². The van der Waals surface area contributed by atoms with E-state index in [9.17, 15) is 14.7 Å². The summed E-state index contributed by atoms with van der Waals surface area (Å²) in [6.45, 7) is 13.0. The van der Waals surface area contributed by atoms with Crippen LogP contribution in [0.2, 0.25) is 0 Å². The van der Waals surface area contributed by atoms with Gasteiger partial charge < -0.3 is 9.84 Å². The fourth-order valence-corrected chi connectivity index (χ4v) is 4.80. The molecule has 1 aliphatic rings. The summed E-state index contributed by atoms with van der Waals surface area (Å²) in [4.78, 5) is 28.5. The molecule has 1 N–H and O–H groups in total. The van der Waals surface area contributed by atoms with Crippen molar-refractivity contribution < 1.29 is 19.4 Å². The summed E-state index contributed by atoms with van der Waals surface area (Å²) in [6, 6.07) is 20.2. The highest BCUT2D eigenvalue weighted by Crippen LogP contribution is 2.43. The van der Waals surface area contributed by atoms with E-state index in [0.29, 0.717) is 17.9 Å². The van der Waals surface area contributed by atoms with Gasteiger partial charge in [0.15, 0.2) is 0 Å². The Labute approximate surface area is 225 Å². The molecule has 0 aromatic heterocycles. The van der Waals surface area contributed by atoms with Crippen LogP contribution in [-0.2, 0) is 21.4 Å². The lowest BCUT2D eigenvalue weighted by molar-refractivity contribution is -0.132. The molecule has 1 fully saturated rings. The second kappa shape index (κ2) is 10.9. The van der Waals surface area contributed by atoms with E-state index in [0.717, 1.165) is 40.8 Å². The van der Waals surface area contributed by atoms with Crippen molar-refractivity contribution in [3.63, 3.8) is 0 Å².